The molecule has 1 aromatic rings. The second-order valence-electron chi connectivity index (χ2n) is 4.98. The van der Waals surface area contributed by atoms with Gasteiger partial charge in [0.05, 0.1) is 5.75 Å². The molecule has 1 saturated heterocycles. The monoisotopic (exact) mass is 294 g/mol. The minimum atomic E-state index is 0.0587. The average Bonchev–Trinajstić information content (AvgIpc) is 2.49. The van der Waals surface area contributed by atoms with Crippen LogP contribution < -0.4 is 10.6 Å². The van der Waals surface area contributed by atoms with Crippen molar-refractivity contribution in [3.8, 4) is 0 Å². The lowest BCUT2D eigenvalue weighted by Gasteiger charge is -2.21. The molecule has 110 valence electrons. The van der Waals surface area contributed by atoms with Gasteiger partial charge in [-0.2, -0.15) is 0 Å². The van der Waals surface area contributed by atoms with Crippen LogP contribution in [0.15, 0.2) is 24.3 Å². The summed E-state index contributed by atoms with van der Waals surface area (Å²) in [6.07, 6.45) is 2.95. The van der Waals surface area contributed by atoms with Gasteiger partial charge in [-0.3, -0.25) is 4.79 Å². The molecule has 1 heterocycles. The maximum Gasteiger partial charge on any atom is 0.234 e. The van der Waals surface area contributed by atoms with E-state index in [0.29, 0.717) is 17.4 Å². The highest BCUT2D eigenvalue weighted by Gasteiger charge is 2.14. The third-order valence-electron chi connectivity index (χ3n) is 3.37. The molecule has 4 nitrogen and oxygen atoms in total. The number of benzene rings is 1. The van der Waals surface area contributed by atoms with Crippen molar-refractivity contribution in [1.29, 1.82) is 0 Å². The molecule has 1 fully saturated rings. The number of carbonyl (C=O) groups excluding carboxylic acids is 1. The summed E-state index contributed by atoms with van der Waals surface area (Å²) in [6, 6.07) is 7.65. The van der Waals surface area contributed by atoms with E-state index in [0.717, 1.165) is 37.2 Å². The smallest absolute Gasteiger partial charge is 0.234 e. The molecule has 0 bridgehead atoms. The van der Waals surface area contributed by atoms with Crippen LogP contribution in [0.3, 0.4) is 0 Å². The summed E-state index contributed by atoms with van der Waals surface area (Å²) in [5.41, 5.74) is 1.90. The number of nitrogens with one attached hydrogen (secondary N) is 2. The third kappa shape index (κ3) is 5.15. The van der Waals surface area contributed by atoms with Crippen LogP contribution in [0.5, 0.6) is 0 Å². The standard InChI is InChI=1S/C15H22N2O2S/c18-10-7-12-1-3-13(4-2-12)17-15(19)11-20-14-5-8-16-9-6-14/h1-4,14,16,18H,5-11H2,(H,17,19). The second kappa shape index (κ2) is 8.29. The van der Waals surface area contributed by atoms with E-state index < -0.39 is 0 Å². The number of thioether (sulfide) groups is 1. The van der Waals surface area contributed by atoms with Gasteiger partial charge in [-0.05, 0) is 50.0 Å². The van der Waals surface area contributed by atoms with Gasteiger partial charge in [0.25, 0.3) is 0 Å². The molecule has 2 rings (SSSR count). The van der Waals surface area contributed by atoms with Crippen molar-refractivity contribution in [1.82, 2.24) is 5.32 Å². The van der Waals surface area contributed by atoms with Crippen molar-refractivity contribution < 1.29 is 9.90 Å². The number of hydrogen-bond donors (Lipinski definition) is 3. The lowest BCUT2D eigenvalue weighted by atomic mass is 10.1. The van der Waals surface area contributed by atoms with E-state index in [-0.39, 0.29) is 12.5 Å². The molecule has 0 saturated carbocycles. The van der Waals surface area contributed by atoms with E-state index in [1.165, 1.54) is 0 Å². The highest BCUT2D eigenvalue weighted by atomic mass is 32.2. The van der Waals surface area contributed by atoms with E-state index in [2.05, 4.69) is 10.6 Å². The lowest BCUT2D eigenvalue weighted by Crippen LogP contribution is -2.30. The molecule has 0 aliphatic carbocycles. The Morgan fingerprint density at radius 3 is 2.65 bits per heavy atom. The van der Waals surface area contributed by atoms with E-state index in [1.807, 2.05) is 24.3 Å². The molecule has 0 unspecified atom stereocenters. The molecule has 0 atom stereocenters. The Morgan fingerprint density at radius 2 is 2.00 bits per heavy atom. The van der Waals surface area contributed by atoms with Crippen molar-refractivity contribution in [2.24, 2.45) is 0 Å². The zero-order chi connectivity index (χ0) is 14.2. The maximum atomic E-state index is 11.9. The van der Waals surface area contributed by atoms with E-state index in [9.17, 15) is 4.79 Å². The molecule has 5 heteroatoms. The molecular weight excluding hydrogens is 272 g/mol. The normalized spacial score (nSPS) is 16.1. The van der Waals surface area contributed by atoms with E-state index in [1.54, 1.807) is 11.8 Å². The fourth-order valence-corrected chi connectivity index (χ4v) is 3.26. The summed E-state index contributed by atoms with van der Waals surface area (Å²) in [5.74, 6) is 0.576. The van der Waals surface area contributed by atoms with Crippen LogP contribution in [-0.4, -0.2) is 41.7 Å². The summed E-state index contributed by atoms with van der Waals surface area (Å²) >= 11 is 1.75. The van der Waals surface area contributed by atoms with Gasteiger partial charge in [0.15, 0.2) is 0 Å². The van der Waals surface area contributed by atoms with Gasteiger partial charge in [-0.1, -0.05) is 12.1 Å². The highest BCUT2D eigenvalue weighted by Crippen LogP contribution is 2.20. The van der Waals surface area contributed by atoms with Gasteiger partial charge in [-0.15, -0.1) is 11.8 Å². The topological polar surface area (TPSA) is 61.4 Å². The molecule has 1 aliphatic rings. The summed E-state index contributed by atoms with van der Waals surface area (Å²) in [7, 11) is 0. The number of aliphatic hydroxyl groups excluding tert-OH is 1. The van der Waals surface area contributed by atoms with Crippen LogP contribution in [0.1, 0.15) is 18.4 Å². The van der Waals surface area contributed by atoms with Gasteiger partial charge in [-0.25, -0.2) is 0 Å². The third-order valence-corrected chi connectivity index (χ3v) is 4.75. The fourth-order valence-electron chi connectivity index (χ4n) is 2.24. The predicted molar refractivity (Wildman–Crippen MR) is 84.2 cm³/mol. The van der Waals surface area contributed by atoms with Crippen molar-refractivity contribution in [2.45, 2.75) is 24.5 Å². The van der Waals surface area contributed by atoms with Gasteiger partial charge < -0.3 is 15.7 Å². The summed E-state index contributed by atoms with van der Waals surface area (Å²) < 4.78 is 0. The number of aliphatic hydroxyl groups is 1. The molecule has 3 N–H and O–H groups in total. The van der Waals surface area contributed by atoms with E-state index >= 15 is 0 Å². The van der Waals surface area contributed by atoms with Crippen LogP contribution in [-0.2, 0) is 11.2 Å². The van der Waals surface area contributed by atoms with Gasteiger partial charge in [0.1, 0.15) is 0 Å². The Balaban J connectivity index is 1.73. The molecule has 20 heavy (non-hydrogen) atoms. The largest absolute Gasteiger partial charge is 0.396 e. The van der Waals surface area contributed by atoms with Crippen LogP contribution in [0.4, 0.5) is 5.69 Å². The van der Waals surface area contributed by atoms with Crippen molar-refractivity contribution in [3.63, 3.8) is 0 Å². The molecular formula is C15H22N2O2S. The van der Waals surface area contributed by atoms with Crippen LogP contribution in [0, 0.1) is 0 Å². The Labute approximate surface area is 124 Å². The maximum absolute atomic E-state index is 11.9. The molecule has 0 radical (unpaired) electrons. The molecule has 0 aromatic heterocycles. The van der Waals surface area contributed by atoms with Gasteiger partial charge >= 0.3 is 0 Å². The number of carbonyl (C=O) groups is 1. The Kier molecular flexibility index (Phi) is 6.36. The number of anilines is 1. The van der Waals surface area contributed by atoms with Gasteiger partial charge in [0, 0.05) is 17.5 Å². The minimum absolute atomic E-state index is 0.0587. The van der Waals surface area contributed by atoms with Crippen molar-refractivity contribution >= 4 is 23.4 Å². The predicted octanol–water partition coefficient (Wildman–Crippen LogP) is 1.65. The summed E-state index contributed by atoms with van der Waals surface area (Å²) in [6.45, 7) is 2.27. The molecule has 1 aromatic carbocycles. The molecule has 0 spiro atoms. The number of rotatable bonds is 6. The Hall–Kier alpha value is -1.04. The van der Waals surface area contributed by atoms with Crippen molar-refractivity contribution in [3.05, 3.63) is 29.8 Å². The fraction of sp³-hybridized carbons (Fsp3) is 0.533. The average molecular weight is 294 g/mol. The highest BCUT2D eigenvalue weighted by molar-refractivity contribution is 8.00. The number of piperidine rings is 1. The number of amides is 1. The minimum Gasteiger partial charge on any atom is -0.396 e. The van der Waals surface area contributed by atoms with Crippen LogP contribution >= 0.6 is 11.8 Å². The summed E-state index contributed by atoms with van der Waals surface area (Å²) in [4.78, 5) is 11.9. The van der Waals surface area contributed by atoms with Crippen LogP contribution in [0.25, 0.3) is 0 Å². The van der Waals surface area contributed by atoms with Crippen LogP contribution in [0.2, 0.25) is 0 Å². The lowest BCUT2D eigenvalue weighted by molar-refractivity contribution is -0.113. The second-order valence-corrected chi connectivity index (χ2v) is 6.27. The molecule has 1 amide bonds. The zero-order valence-electron chi connectivity index (χ0n) is 11.6. The quantitative estimate of drug-likeness (QED) is 0.746. The van der Waals surface area contributed by atoms with Crippen molar-refractivity contribution in [2.75, 3.05) is 30.8 Å². The zero-order valence-corrected chi connectivity index (χ0v) is 12.4. The van der Waals surface area contributed by atoms with Gasteiger partial charge in [0.2, 0.25) is 5.91 Å². The summed E-state index contributed by atoms with van der Waals surface area (Å²) in [5, 5.41) is 15.7. The SMILES string of the molecule is O=C(CSC1CCNCC1)Nc1ccc(CCO)cc1. The first-order valence-corrected chi connectivity index (χ1v) is 8.15. The first-order valence-electron chi connectivity index (χ1n) is 7.10. The number of hydrogen-bond acceptors (Lipinski definition) is 4. The first-order chi connectivity index (χ1) is 9.78. The first kappa shape index (κ1) is 15.4. The van der Waals surface area contributed by atoms with E-state index in [4.69, 9.17) is 5.11 Å². The Bertz CT molecular complexity index is 416. The molecule has 1 aliphatic heterocycles. The Morgan fingerprint density at radius 1 is 1.30 bits per heavy atom.